The van der Waals surface area contributed by atoms with Gasteiger partial charge in [-0.2, -0.15) is 0 Å². The molecule has 1 rings (SSSR count). The highest BCUT2D eigenvalue weighted by atomic mass is 16.5. The van der Waals surface area contributed by atoms with Crippen molar-refractivity contribution in [3.8, 4) is 0 Å². The molecule has 108 valence electrons. The molecule has 0 saturated carbocycles. The quantitative estimate of drug-likeness (QED) is 0.884. The van der Waals surface area contributed by atoms with Crippen molar-refractivity contribution < 1.29 is 4.74 Å². The largest absolute Gasteiger partial charge is 0.383 e. The van der Waals surface area contributed by atoms with Gasteiger partial charge in [0.25, 0.3) is 0 Å². The van der Waals surface area contributed by atoms with Crippen LogP contribution in [0.1, 0.15) is 39.1 Å². The second-order valence-corrected chi connectivity index (χ2v) is 5.70. The molecule has 0 bridgehead atoms. The average Bonchev–Trinajstić information content (AvgIpc) is 2.33. The molecule has 0 aliphatic rings. The van der Waals surface area contributed by atoms with Crippen LogP contribution in [0.25, 0.3) is 0 Å². The number of aromatic nitrogens is 2. The van der Waals surface area contributed by atoms with E-state index in [4.69, 9.17) is 15.5 Å². The van der Waals surface area contributed by atoms with Crippen molar-refractivity contribution in [3.05, 3.63) is 11.4 Å². The molecule has 0 atom stereocenters. The maximum absolute atomic E-state index is 6.03. The predicted octanol–water partition coefficient (Wildman–Crippen LogP) is 2.14. The summed E-state index contributed by atoms with van der Waals surface area (Å²) in [5.41, 5.74) is 6.85. The van der Waals surface area contributed by atoms with Crippen molar-refractivity contribution in [2.45, 2.75) is 40.0 Å². The SMILES string of the molecule is CCN(CCOC)c1nc(C(C)(C)C)nc(N)c1C. The van der Waals surface area contributed by atoms with E-state index in [0.717, 1.165) is 30.3 Å². The van der Waals surface area contributed by atoms with Crippen LogP contribution in [0.2, 0.25) is 0 Å². The van der Waals surface area contributed by atoms with E-state index >= 15 is 0 Å². The molecule has 0 aliphatic heterocycles. The van der Waals surface area contributed by atoms with E-state index in [-0.39, 0.29) is 5.41 Å². The second-order valence-electron chi connectivity index (χ2n) is 5.70. The first-order chi connectivity index (χ1) is 8.81. The number of ether oxygens (including phenoxy) is 1. The Hall–Kier alpha value is -1.36. The zero-order valence-electron chi connectivity index (χ0n) is 12.9. The monoisotopic (exact) mass is 266 g/mol. The van der Waals surface area contributed by atoms with E-state index in [9.17, 15) is 0 Å². The number of nitrogens with two attached hydrogens (primary N) is 1. The van der Waals surface area contributed by atoms with Gasteiger partial charge in [0.05, 0.1) is 6.61 Å². The fraction of sp³-hybridized carbons (Fsp3) is 0.714. The number of hydrogen-bond donors (Lipinski definition) is 1. The highest BCUT2D eigenvalue weighted by molar-refractivity contribution is 5.56. The van der Waals surface area contributed by atoms with Crippen LogP contribution in [0.5, 0.6) is 0 Å². The molecular formula is C14H26N4O. The molecule has 1 aromatic heterocycles. The summed E-state index contributed by atoms with van der Waals surface area (Å²) in [5, 5.41) is 0. The van der Waals surface area contributed by atoms with Gasteiger partial charge in [0.15, 0.2) is 0 Å². The molecule has 1 aromatic rings. The van der Waals surface area contributed by atoms with E-state index in [0.29, 0.717) is 12.4 Å². The summed E-state index contributed by atoms with van der Waals surface area (Å²) < 4.78 is 5.15. The minimum absolute atomic E-state index is 0.114. The molecule has 0 spiro atoms. The molecule has 0 saturated heterocycles. The van der Waals surface area contributed by atoms with Crippen molar-refractivity contribution in [2.75, 3.05) is 37.4 Å². The number of rotatable bonds is 5. The van der Waals surface area contributed by atoms with Gasteiger partial charge >= 0.3 is 0 Å². The molecular weight excluding hydrogens is 240 g/mol. The smallest absolute Gasteiger partial charge is 0.138 e. The topological polar surface area (TPSA) is 64.3 Å². The molecule has 19 heavy (non-hydrogen) atoms. The average molecular weight is 266 g/mol. The van der Waals surface area contributed by atoms with E-state index in [1.807, 2.05) is 6.92 Å². The highest BCUT2D eigenvalue weighted by Gasteiger charge is 2.22. The van der Waals surface area contributed by atoms with Gasteiger partial charge in [0.2, 0.25) is 0 Å². The van der Waals surface area contributed by atoms with E-state index in [1.165, 1.54) is 0 Å². The van der Waals surface area contributed by atoms with E-state index in [1.54, 1.807) is 7.11 Å². The van der Waals surface area contributed by atoms with Gasteiger partial charge in [-0.25, -0.2) is 9.97 Å². The number of likely N-dealkylation sites (N-methyl/N-ethyl adjacent to an activating group) is 1. The molecule has 5 nitrogen and oxygen atoms in total. The van der Waals surface area contributed by atoms with Crippen LogP contribution in [-0.4, -0.2) is 36.8 Å². The van der Waals surface area contributed by atoms with E-state index in [2.05, 4.69) is 37.6 Å². The number of methoxy groups -OCH3 is 1. The van der Waals surface area contributed by atoms with Gasteiger partial charge in [0, 0.05) is 31.2 Å². The zero-order chi connectivity index (χ0) is 14.6. The third-order valence-corrected chi connectivity index (χ3v) is 3.08. The molecule has 0 radical (unpaired) electrons. The van der Waals surface area contributed by atoms with Gasteiger partial charge in [-0.3, -0.25) is 0 Å². The van der Waals surface area contributed by atoms with Crippen molar-refractivity contribution in [2.24, 2.45) is 0 Å². The van der Waals surface area contributed by atoms with Gasteiger partial charge in [-0.1, -0.05) is 20.8 Å². The lowest BCUT2D eigenvalue weighted by Gasteiger charge is -2.26. The first-order valence-electron chi connectivity index (χ1n) is 6.69. The van der Waals surface area contributed by atoms with Crippen LogP contribution in [-0.2, 0) is 10.2 Å². The van der Waals surface area contributed by atoms with Gasteiger partial charge in [0.1, 0.15) is 17.5 Å². The maximum atomic E-state index is 6.03. The van der Waals surface area contributed by atoms with Crippen LogP contribution in [0.15, 0.2) is 0 Å². The van der Waals surface area contributed by atoms with Crippen molar-refractivity contribution >= 4 is 11.6 Å². The number of nitrogens with zero attached hydrogens (tertiary/aromatic N) is 3. The molecule has 2 N–H and O–H groups in total. The Morgan fingerprint density at radius 2 is 1.89 bits per heavy atom. The molecule has 1 heterocycles. The Morgan fingerprint density at radius 1 is 1.26 bits per heavy atom. The maximum Gasteiger partial charge on any atom is 0.138 e. The lowest BCUT2D eigenvalue weighted by atomic mass is 9.95. The lowest BCUT2D eigenvalue weighted by molar-refractivity contribution is 0.205. The Labute approximate surface area is 116 Å². The minimum Gasteiger partial charge on any atom is -0.383 e. The van der Waals surface area contributed by atoms with Gasteiger partial charge < -0.3 is 15.4 Å². The highest BCUT2D eigenvalue weighted by Crippen LogP contribution is 2.26. The van der Waals surface area contributed by atoms with E-state index < -0.39 is 0 Å². The predicted molar refractivity (Wildman–Crippen MR) is 79.6 cm³/mol. The zero-order valence-corrected chi connectivity index (χ0v) is 12.9. The Balaban J connectivity index is 3.20. The van der Waals surface area contributed by atoms with Crippen LogP contribution in [0.4, 0.5) is 11.6 Å². The van der Waals surface area contributed by atoms with Crippen LogP contribution in [0, 0.1) is 6.92 Å². The standard InChI is InChI=1S/C14H26N4O/c1-7-18(8-9-19-6)12-10(2)11(15)16-13(17-12)14(3,4)5/h7-9H2,1-6H3,(H2,15,16,17). The Morgan fingerprint density at radius 3 is 2.37 bits per heavy atom. The van der Waals surface area contributed by atoms with Crippen LogP contribution >= 0.6 is 0 Å². The van der Waals surface area contributed by atoms with Crippen LogP contribution < -0.4 is 10.6 Å². The first kappa shape index (κ1) is 15.7. The number of nitrogen functional groups attached to an aromatic ring is 1. The molecule has 5 heteroatoms. The summed E-state index contributed by atoms with van der Waals surface area (Å²) in [4.78, 5) is 11.3. The molecule has 0 fully saturated rings. The Kier molecular flexibility index (Phi) is 5.11. The molecule has 0 aliphatic carbocycles. The molecule has 0 amide bonds. The van der Waals surface area contributed by atoms with Crippen molar-refractivity contribution in [1.82, 2.24) is 9.97 Å². The Bertz CT molecular complexity index is 426. The first-order valence-corrected chi connectivity index (χ1v) is 6.69. The third-order valence-electron chi connectivity index (χ3n) is 3.08. The van der Waals surface area contributed by atoms with Gasteiger partial charge in [-0.05, 0) is 13.8 Å². The lowest BCUT2D eigenvalue weighted by Crippen LogP contribution is -2.30. The second kappa shape index (κ2) is 6.19. The number of hydrogen-bond acceptors (Lipinski definition) is 5. The minimum atomic E-state index is -0.114. The summed E-state index contributed by atoms with van der Waals surface area (Å²) in [6, 6.07) is 0. The molecule has 0 unspecified atom stereocenters. The summed E-state index contributed by atoms with van der Waals surface area (Å²) in [7, 11) is 1.70. The normalized spacial score (nSPS) is 11.7. The number of anilines is 2. The summed E-state index contributed by atoms with van der Waals surface area (Å²) >= 11 is 0. The van der Waals surface area contributed by atoms with Crippen molar-refractivity contribution in [3.63, 3.8) is 0 Å². The van der Waals surface area contributed by atoms with Crippen LogP contribution in [0.3, 0.4) is 0 Å². The fourth-order valence-electron chi connectivity index (χ4n) is 1.78. The summed E-state index contributed by atoms with van der Waals surface area (Å²) in [5.74, 6) is 2.25. The summed E-state index contributed by atoms with van der Waals surface area (Å²) in [6.07, 6.45) is 0. The van der Waals surface area contributed by atoms with Gasteiger partial charge in [-0.15, -0.1) is 0 Å². The third kappa shape index (κ3) is 3.80. The fourth-order valence-corrected chi connectivity index (χ4v) is 1.78. The van der Waals surface area contributed by atoms with Crippen molar-refractivity contribution in [1.29, 1.82) is 0 Å². The summed E-state index contributed by atoms with van der Waals surface area (Å²) in [6.45, 7) is 12.7. The molecule has 0 aromatic carbocycles.